The van der Waals surface area contributed by atoms with Gasteiger partial charge in [0, 0.05) is 29.9 Å². The van der Waals surface area contributed by atoms with Gasteiger partial charge in [-0.3, -0.25) is 9.59 Å². The van der Waals surface area contributed by atoms with Crippen molar-refractivity contribution in [2.24, 2.45) is 0 Å². The highest BCUT2D eigenvalue weighted by Gasteiger charge is 2.16. The van der Waals surface area contributed by atoms with E-state index in [9.17, 15) is 9.59 Å². The minimum Gasteiger partial charge on any atom is -0.379 e. The van der Waals surface area contributed by atoms with Crippen LogP contribution in [0.3, 0.4) is 0 Å². The highest BCUT2D eigenvalue weighted by Crippen LogP contribution is 2.26. The Morgan fingerprint density at radius 2 is 1.18 bits per heavy atom. The van der Waals surface area contributed by atoms with Crippen LogP contribution >= 0.6 is 23.5 Å². The lowest BCUT2D eigenvalue weighted by atomic mass is 10.2. The summed E-state index contributed by atoms with van der Waals surface area (Å²) in [5, 5.41) is 0.375. The Balaban J connectivity index is 3.30. The van der Waals surface area contributed by atoms with Crippen molar-refractivity contribution in [1.82, 2.24) is 0 Å². The molecule has 0 radical (unpaired) electrons. The number of ether oxygens (including phenoxy) is 4. The Kier molecular flexibility index (Phi) is 18.8. The second kappa shape index (κ2) is 18.9. The van der Waals surface area contributed by atoms with E-state index in [-0.39, 0.29) is 15.0 Å². The Hall–Kier alpha value is -0.120. The fourth-order valence-electron chi connectivity index (χ4n) is 2.02. The molecular weight excluding hydrogens is 400 g/mol. The molecule has 0 unspecified atom stereocenters. The van der Waals surface area contributed by atoms with E-state index in [4.69, 9.17) is 18.9 Å². The number of hydrogen-bond donors (Lipinski definition) is 0. The molecule has 0 heterocycles. The largest absolute Gasteiger partial charge is 0.379 e. The minimum atomic E-state index is -0.0365. The zero-order chi connectivity index (χ0) is 21.1. The van der Waals surface area contributed by atoms with Crippen LogP contribution in [0.15, 0.2) is 0 Å². The third-order valence-corrected chi connectivity index (χ3v) is 5.18. The Morgan fingerprint density at radius 3 is 1.68 bits per heavy atom. The molecule has 0 atom stereocenters. The van der Waals surface area contributed by atoms with Gasteiger partial charge in [-0.2, -0.15) is 0 Å². The van der Waals surface area contributed by atoms with Gasteiger partial charge in [0.05, 0.1) is 46.2 Å². The molecule has 166 valence electrons. The van der Waals surface area contributed by atoms with Gasteiger partial charge in [-0.15, -0.1) is 0 Å². The lowest BCUT2D eigenvalue weighted by Gasteiger charge is -2.15. The Labute approximate surface area is 179 Å². The summed E-state index contributed by atoms with van der Waals surface area (Å²) in [6.07, 6.45) is 2.60. The van der Waals surface area contributed by atoms with Crippen LogP contribution in [0.2, 0.25) is 0 Å². The molecule has 0 aromatic carbocycles. The van der Waals surface area contributed by atoms with E-state index in [1.54, 1.807) is 0 Å². The van der Waals surface area contributed by atoms with Crippen LogP contribution in [0.25, 0.3) is 0 Å². The average molecular weight is 439 g/mol. The van der Waals surface area contributed by atoms with Crippen LogP contribution in [0.1, 0.15) is 53.4 Å². The molecule has 0 saturated heterocycles. The van der Waals surface area contributed by atoms with Crippen molar-refractivity contribution < 1.29 is 28.5 Å². The monoisotopic (exact) mass is 438 g/mol. The number of carbonyl (C=O) groups is 2. The molecule has 0 saturated carbocycles. The molecule has 0 aliphatic heterocycles. The maximum absolute atomic E-state index is 11.8. The number of rotatable bonds is 18. The van der Waals surface area contributed by atoms with Gasteiger partial charge in [0.25, 0.3) is 0 Å². The normalized spacial score (nSPS) is 11.7. The third-order valence-electron chi connectivity index (χ3n) is 3.24. The number of unbranched alkanes of at least 4 members (excludes halogenated alkanes) is 1. The highest BCUT2D eigenvalue weighted by atomic mass is 32.2. The summed E-state index contributed by atoms with van der Waals surface area (Å²) < 4.78 is 21.3. The predicted octanol–water partition coefficient (Wildman–Crippen LogP) is 3.95. The molecule has 0 fully saturated rings. The van der Waals surface area contributed by atoms with Gasteiger partial charge in [0.2, 0.25) is 0 Å². The third kappa shape index (κ3) is 22.2. The summed E-state index contributed by atoms with van der Waals surface area (Å²) >= 11 is 2.68. The van der Waals surface area contributed by atoms with Crippen LogP contribution in [0, 0.1) is 0 Å². The zero-order valence-corrected chi connectivity index (χ0v) is 19.6. The SMILES string of the molecule is CCOCCOCCOCCOCCSC(=O)CCCCC(=O)SC(C)(C)C. The van der Waals surface area contributed by atoms with E-state index in [1.807, 2.05) is 27.7 Å². The van der Waals surface area contributed by atoms with Crippen molar-refractivity contribution in [2.75, 3.05) is 58.6 Å². The first-order chi connectivity index (χ1) is 13.3. The van der Waals surface area contributed by atoms with E-state index in [2.05, 4.69) is 0 Å². The summed E-state index contributed by atoms with van der Waals surface area (Å²) in [7, 11) is 0. The zero-order valence-electron chi connectivity index (χ0n) is 18.0. The van der Waals surface area contributed by atoms with E-state index < -0.39 is 0 Å². The van der Waals surface area contributed by atoms with Crippen molar-refractivity contribution in [1.29, 1.82) is 0 Å². The van der Waals surface area contributed by atoms with Crippen molar-refractivity contribution in [3.63, 3.8) is 0 Å². The second-order valence-electron chi connectivity index (χ2n) is 7.05. The van der Waals surface area contributed by atoms with E-state index in [0.717, 1.165) is 12.8 Å². The standard InChI is InChI=1S/C20H38O6S2/c1-5-23-10-11-24-12-13-25-14-15-26-16-17-27-18(21)8-6-7-9-19(22)28-20(2,3)4/h5-17H2,1-4H3. The van der Waals surface area contributed by atoms with Gasteiger partial charge < -0.3 is 18.9 Å². The van der Waals surface area contributed by atoms with Crippen molar-refractivity contribution >= 4 is 33.8 Å². The lowest BCUT2D eigenvalue weighted by molar-refractivity contribution is -0.112. The van der Waals surface area contributed by atoms with E-state index in [1.165, 1.54) is 23.5 Å². The van der Waals surface area contributed by atoms with Crippen molar-refractivity contribution in [3.8, 4) is 0 Å². The maximum atomic E-state index is 11.8. The Bertz CT molecular complexity index is 399. The molecule has 0 aliphatic carbocycles. The molecule has 0 aliphatic rings. The topological polar surface area (TPSA) is 71.1 Å². The summed E-state index contributed by atoms with van der Waals surface area (Å²) in [6.45, 7) is 12.6. The van der Waals surface area contributed by atoms with Gasteiger partial charge in [-0.05, 0) is 19.8 Å². The first-order valence-corrected chi connectivity index (χ1v) is 11.8. The fraction of sp³-hybridized carbons (Fsp3) is 0.900. The van der Waals surface area contributed by atoms with Gasteiger partial charge in [-0.1, -0.05) is 44.3 Å². The van der Waals surface area contributed by atoms with Crippen molar-refractivity contribution in [3.05, 3.63) is 0 Å². The summed E-state index contributed by atoms with van der Waals surface area (Å²) in [5.41, 5.74) is 0. The summed E-state index contributed by atoms with van der Waals surface area (Å²) in [5.74, 6) is 0.651. The molecule has 0 rings (SSSR count). The molecule has 0 bridgehead atoms. The summed E-state index contributed by atoms with van der Waals surface area (Å²) in [6, 6.07) is 0. The number of hydrogen-bond acceptors (Lipinski definition) is 8. The first-order valence-electron chi connectivity index (χ1n) is 10.0. The molecule has 6 nitrogen and oxygen atoms in total. The van der Waals surface area contributed by atoms with Crippen molar-refractivity contribution in [2.45, 2.75) is 58.1 Å². The smallest absolute Gasteiger partial charge is 0.189 e. The molecule has 28 heavy (non-hydrogen) atoms. The molecule has 8 heteroatoms. The van der Waals surface area contributed by atoms with Gasteiger partial charge in [-0.25, -0.2) is 0 Å². The lowest BCUT2D eigenvalue weighted by Crippen LogP contribution is -2.12. The Morgan fingerprint density at radius 1 is 0.714 bits per heavy atom. The van der Waals surface area contributed by atoms with E-state index >= 15 is 0 Å². The molecule has 0 N–H and O–H groups in total. The van der Waals surface area contributed by atoms with Gasteiger partial charge >= 0.3 is 0 Å². The number of thioether (sulfide) groups is 2. The molecule has 0 aromatic rings. The van der Waals surface area contributed by atoms with Crippen LogP contribution in [-0.4, -0.2) is 73.6 Å². The maximum Gasteiger partial charge on any atom is 0.189 e. The second-order valence-corrected chi connectivity index (χ2v) is 10.1. The molecule has 0 aromatic heterocycles. The minimum absolute atomic E-state index is 0.0365. The predicted molar refractivity (Wildman–Crippen MR) is 117 cm³/mol. The molecule has 0 amide bonds. The molecular formula is C20H38O6S2. The van der Waals surface area contributed by atoms with Gasteiger partial charge in [0.1, 0.15) is 0 Å². The number of carbonyl (C=O) groups excluding carboxylic acids is 2. The molecule has 0 spiro atoms. The quantitative estimate of drug-likeness (QED) is 0.298. The van der Waals surface area contributed by atoms with Crippen LogP contribution in [0.5, 0.6) is 0 Å². The fourth-order valence-corrected chi connectivity index (χ4v) is 3.67. The van der Waals surface area contributed by atoms with Crippen LogP contribution in [-0.2, 0) is 28.5 Å². The average Bonchev–Trinajstić information content (AvgIpc) is 2.61. The first kappa shape index (κ1) is 27.9. The van der Waals surface area contributed by atoms with Crippen LogP contribution in [0.4, 0.5) is 0 Å². The van der Waals surface area contributed by atoms with E-state index in [0.29, 0.717) is 71.4 Å². The van der Waals surface area contributed by atoms with Gasteiger partial charge in [0.15, 0.2) is 10.2 Å². The highest BCUT2D eigenvalue weighted by molar-refractivity contribution is 8.14. The summed E-state index contributed by atoms with van der Waals surface area (Å²) in [4.78, 5) is 23.5. The van der Waals surface area contributed by atoms with Crippen LogP contribution < -0.4 is 0 Å².